The summed E-state index contributed by atoms with van der Waals surface area (Å²) in [6.07, 6.45) is 6.07. The lowest BCUT2D eigenvalue weighted by Gasteiger charge is -2.51. The van der Waals surface area contributed by atoms with Gasteiger partial charge in [0.1, 0.15) is 0 Å². The Hall–Kier alpha value is -1.00. The van der Waals surface area contributed by atoms with Crippen LogP contribution in [0.15, 0.2) is 18.2 Å². The first-order valence-corrected chi connectivity index (χ1v) is 8.02. The van der Waals surface area contributed by atoms with Crippen LogP contribution in [0, 0.1) is 11.6 Å². The standard InChI is InChI=1S/C17H24F2N2/c1-13-10-21(11-14-6-5-7-15(18)16(14)19)17(12-20-13)8-3-2-4-9-17/h5-7,13,20H,2-4,8-12H2,1H3. The van der Waals surface area contributed by atoms with Gasteiger partial charge in [-0.25, -0.2) is 8.78 Å². The highest BCUT2D eigenvalue weighted by molar-refractivity contribution is 5.19. The Bertz CT molecular complexity index is 498. The van der Waals surface area contributed by atoms with Gasteiger partial charge in [-0.2, -0.15) is 0 Å². The first-order valence-electron chi connectivity index (χ1n) is 8.02. The number of rotatable bonds is 2. The maximum absolute atomic E-state index is 14.0. The van der Waals surface area contributed by atoms with Crippen LogP contribution in [0.25, 0.3) is 0 Å². The molecule has 1 saturated carbocycles. The first kappa shape index (κ1) is 14.9. The molecule has 1 aromatic rings. The minimum absolute atomic E-state index is 0.128. The third kappa shape index (κ3) is 2.97. The molecule has 0 amide bonds. The van der Waals surface area contributed by atoms with Crippen LogP contribution >= 0.6 is 0 Å². The van der Waals surface area contributed by atoms with Crippen molar-refractivity contribution in [3.63, 3.8) is 0 Å². The average Bonchev–Trinajstić information content (AvgIpc) is 2.49. The van der Waals surface area contributed by atoms with Gasteiger partial charge in [0.2, 0.25) is 0 Å². The van der Waals surface area contributed by atoms with E-state index < -0.39 is 11.6 Å². The third-order valence-electron chi connectivity index (χ3n) is 5.12. The van der Waals surface area contributed by atoms with Crippen molar-refractivity contribution in [2.45, 2.75) is 57.2 Å². The van der Waals surface area contributed by atoms with Crippen LogP contribution in [-0.2, 0) is 6.54 Å². The van der Waals surface area contributed by atoms with Gasteiger partial charge in [-0.3, -0.25) is 4.90 Å². The summed E-state index contributed by atoms with van der Waals surface area (Å²) < 4.78 is 27.4. The summed E-state index contributed by atoms with van der Waals surface area (Å²) in [6.45, 7) is 4.53. The van der Waals surface area contributed by atoms with E-state index in [0.717, 1.165) is 25.9 Å². The van der Waals surface area contributed by atoms with Crippen molar-refractivity contribution < 1.29 is 8.78 Å². The van der Waals surface area contributed by atoms with Crippen molar-refractivity contribution in [2.75, 3.05) is 13.1 Å². The van der Waals surface area contributed by atoms with Crippen molar-refractivity contribution in [1.82, 2.24) is 10.2 Å². The fraction of sp³-hybridized carbons (Fsp3) is 0.647. The van der Waals surface area contributed by atoms with Gasteiger partial charge in [-0.05, 0) is 25.8 Å². The highest BCUT2D eigenvalue weighted by Crippen LogP contribution is 2.36. The Labute approximate surface area is 125 Å². The smallest absolute Gasteiger partial charge is 0.163 e. The van der Waals surface area contributed by atoms with Gasteiger partial charge < -0.3 is 5.32 Å². The van der Waals surface area contributed by atoms with E-state index in [1.165, 1.54) is 25.3 Å². The van der Waals surface area contributed by atoms with E-state index in [1.807, 2.05) is 0 Å². The molecule has 1 N–H and O–H groups in total. The van der Waals surface area contributed by atoms with Crippen molar-refractivity contribution in [1.29, 1.82) is 0 Å². The molecule has 0 radical (unpaired) electrons. The lowest BCUT2D eigenvalue weighted by atomic mass is 9.78. The minimum Gasteiger partial charge on any atom is -0.311 e. The molecule has 1 unspecified atom stereocenters. The van der Waals surface area contributed by atoms with Crippen LogP contribution in [0.5, 0.6) is 0 Å². The molecule has 0 aromatic heterocycles. The van der Waals surface area contributed by atoms with Crippen LogP contribution < -0.4 is 5.32 Å². The van der Waals surface area contributed by atoms with Crippen molar-refractivity contribution in [3.05, 3.63) is 35.4 Å². The molecule has 2 fully saturated rings. The predicted octanol–water partition coefficient (Wildman–Crippen LogP) is 3.46. The molecule has 1 aromatic carbocycles. The van der Waals surface area contributed by atoms with E-state index in [2.05, 4.69) is 17.1 Å². The van der Waals surface area contributed by atoms with Gasteiger partial charge in [0.05, 0.1) is 0 Å². The van der Waals surface area contributed by atoms with E-state index in [-0.39, 0.29) is 5.54 Å². The molecule has 1 aliphatic carbocycles. The number of halogens is 2. The molecule has 0 bridgehead atoms. The van der Waals surface area contributed by atoms with Crippen LogP contribution in [0.2, 0.25) is 0 Å². The zero-order valence-electron chi connectivity index (χ0n) is 12.7. The van der Waals surface area contributed by atoms with E-state index in [9.17, 15) is 8.78 Å². The Morgan fingerprint density at radius 2 is 2.00 bits per heavy atom. The summed E-state index contributed by atoms with van der Waals surface area (Å²) >= 11 is 0. The van der Waals surface area contributed by atoms with E-state index in [1.54, 1.807) is 12.1 Å². The second-order valence-corrected chi connectivity index (χ2v) is 6.66. The predicted molar refractivity (Wildman–Crippen MR) is 80.0 cm³/mol. The molecular weight excluding hydrogens is 270 g/mol. The van der Waals surface area contributed by atoms with E-state index in [0.29, 0.717) is 18.2 Å². The monoisotopic (exact) mass is 294 g/mol. The molecule has 116 valence electrons. The molecular formula is C17H24F2N2. The molecule has 3 rings (SSSR count). The molecule has 1 saturated heterocycles. The van der Waals surface area contributed by atoms with Gasteiger partial charge in [0, 0.05) is 36.8 Å². The number of benzene rings is 1. The second kappa shape index (κ2) is 6.01. The number of hydrogen-bond acceptors (Lipinski definition) is 2. The highest BCUT2D eigenvalue weighted by Gasteiger charge is 2.41. The molecule has 1 spiro atoms. The molecule has 4 heteroatoms. The van der Waals surface area contributed by atoms with E-state index >= 15 is 0 Å². The Balaban J connectivity index is 1.84. The van der Waals surface area contributed by atoms with Crippen LogP contribution in [0.1, 0.15) is 44.6 Å². The SMILES string of the molecule is CC1CN(Cc2cccc(F)c2F)C2(CCCCC2)CN1. The summed E-state index contributed by atoms with van der Waals surface area (Å²) in [5, 5.41) is 3.57. The average molecular weight is 294 g/mol. The zero-order valence-corrected chi connectivity index (χ0v) is 12.7. The van der Waals surface area contributed by atoms with E-state index in [4.69, 9.17) is 0 Å². The quantitative estimate of drug-likeness (QED) is 0.898. The first-order chi connectivity index (χ1) is 10.1. The molecule has 2 nitrogen and oxygen atoms in total. The fourth-order valence-corrected chi connectivity index (χ4v) is 3.88. The summed E-state index contributed by atoms with van der Waals surface area (Å²) in [4.78, 5) is 2.39. The minimum atomic E-state index is -0.742. The second-order valence-electron chi connectivity index (χ2n) is 6.66. The fourth-order valence-electron chi connectivity index (χ4n) is 3.88. The topological polar surface area (TPSA) is 15.3 Å². The van der Waals surface area contributed by atoms with Crippen molar-refractivity contribution in [3.8, 4) is 0 Å². The Morgan fingerprint density at radius 1 is 1.24 bits per heavy atom. The number of nitrogens with one attached hydrogen (secondary N) is 1. The van der Waals surface area contributed by atoms with Gasteiger partial charge in [0.15, 0.2) is 11.6 Å². The van der Waals surface area contributed by atoms with Crippen LogP contribution in [0.4, 0.5) is 8.78 Å². The van der Waals surface area contributed by atoms with Crippen molar-refractivity contribution in [2.24, 2.45) is 0 Å². The van der Waals surface area contributed by atoms with Crippen LogP contribution in [-0.4, -0.2) is 29.6 Å². The van der Waals surface area contributed by atoms with Gasteiger partial charge >= 0.3 is 0 Å². The maximum Gasteiger partial charge on any atom is 0.163 e. The lowest BCUT2D eigenvalue weighted by molar-refractivity contribution is 0.00536. The third-order valence-corrected chi connectivity index (χ3v) is 5.12. The van der Waals surface area contributed by atoms with Crippen molar-refractivity contribution >= 4 is 0 Å². The van der Waals surface area contributed by atoms with Gasteiger partial charge in [-0.1, -0.05) is 31.4 Å². The number of hydrogen-bond donors (Lipinski definition) is 1. The zero-order chi connectivity index (χ0) is 14.9. The molecule has 1 aliphatic heterocycles. The number of piperazine rings is 1. The highest BCUT2D eigenvalue weighted by atomic mass is 19.2. The maximum atomic E-state index is 14.0. The summed E-state index contributed by atoms with van der Waals surface area (Å²) in [6, 6.07) is 4.90. The molecule has 2 aliphatic rings. The summed E-state index contributed by atoms with van der Waals surface area (Å²) in [7, 11) is 0. The molecule has 1 atom stereocenters. The van der Waals surface area contributed by atoms with Gasteiger partial charge in [0.25, 0.3) is 0 Å². The lowest BCUT2D eigenvalue weighted by Crippen LogP contribution is -2.64. The normalized spacial score (nSPS) is 26.1. The Kier molecular flexibility index (Phi) is 4.27. The summed E-state index contributed by atoms with van der Waals surface area (Å²) in [5.41, 5.74) is 0.609. The Morgan fingerprint density at radius 3 is 2.76 bits per heavy atom. The summed E-state index contributed by atoms with van der Waals surface area (Å²) in [5.74, 6) is -1.43. The molecule has 1 heterocycles. The molecule has 21 heavy (non-hydrogen) atoms. The van der Waals surface area contributed by atoms with Gasteiger partial charge in [-0.15, -0.1) is 0 Å². The largest absolute Gasteiger partial charge is 0.311 e. The number of nitrogens with zero attached hydrogens (tertiary/aromatic N) is 1. The van der Waals surface area contributed by atoms with Crippen LogP contribution in [0.3, 0.4) is 0 Å².